The Kier molecular flexibility index (Phi) is 3.87. The average Bonchev–Trinajstić information content (AvgIpc) is 3.04. The monoisotopic (exact) mass is 306 g/mol. The van der Waals surface area contributed by atoms with Crippen molar-refractivity contribution in [3.63, 3.8) is 0 Å². The number of benzene rings is 1. The summed E-state index contributed by atoms with van der Waals surface area (Å²) in [6.07, 6.45) is 2.87. The maximum atomic E-state index is 6.48. The number of hydrogen-bond acceptors (Lipinski definition) is 5. The molecule has 3 rings (SSSR count). The van der Waals surface area contributed by atoms with Gasteiger partial charge in [-0.25, -0.2) is 0 Å². The molecule has 5 nitrogen and oxygen atoms in total. The number of aryl methyl sites for hydroxylation is 1. The fourth-order valence-electron chi connectivity index (χ4n) is 3.78. The van der Waals surface area contributed by atoms with Crippen molar-refractivity contribution in [3.8, 4) is 0 Å². The van der Waals surface area contributed by atoms with Crippen molar-refractivity contribution >= 4 is 0 Å². The average molecular weight is 306 g/mol. The van der Waals surface area contributed by atoms with Crippen LogP contribution in [0.15, 0.2) is 30.4 Å². The lowest BCUT2D eigenvalue weighted by Crippen LogP contribution is -2.43. The lowest BCUT2D eigenvalue weighted by molar-refractivity contribution is -0.276. The summed E-state index contributed by atoms with van der Waals surface area (Å²) in [5.74, 6) is 0. The van der Waals surface area contributed by atoms with E-state index in [0.29, 0.717) is 0 Å². The summed E-state index contributed by atoms with van der Waals surface area (Å²) in [6.45, 7) is 2.06. The highest BCUT2D eigenvalue weighted by molar-refractivity contribution is 5.55. The normalized spacial score (nSPS) is 28.9. The molecule has 2 aliphatic rings. The van der Waals surface area contributed by atoms with Gasteiger partial charge in [0.1, 0.15) is 0 Å². The Bertz CT molecular complexity index is 591. The SMILES string of the molecule is COC(OC)C12C=CC(C(OC)OC)(O1)c1c(C)cccc12. The van der Waals surface area contributed by atoms with Gasteiger partial charge in [0.2, 0.25) is 0 Å². The molecule has 1 aromatic carbocycles. The van der Waals surface area contributed by atoms with E-state index in [-0.39, 0.29) is 0 Å². The summed E-state index contributed by atoms with van der Waals surface area (Å²) >= 11 is 0. The Morgan fingerprint density at radius 1 is 0.864 bits per heavy atom. The van der Waals surface area contributed by atoms with E-state index in [4.69, 9.17) is 23.7 Å². The first-order chi connectivity index (χ1) is 10.6. The Morgan fingerprint density at radius 2 is 1.41 bits per heavy atom. The first-order valence-electron chi connectivity index (χ1n) is 7.22. The Hall–Kier alpha value is -1.24. The molecule has 2 heterocycles. The molecule has 5 heteroatoms. The molecule has 22 heavy (non-hydrogen) atoms. The molecule has 0 fully saturated rings. The van der Waals surface area contributed by atoms with Crippen LogP contribution in [0.3, 0.4) is 0 Å². The van der Waals surface area contributed by atoms with E-state index in [1.54, 1.807) is 28.4 Å². The van der Waals surface area contributed by atoms with Crippen LogP contribution in [0.25, 0.3) is 0 Å². The van der Waals surface area contributed by atoms with Crippen molar-refractivity contribution in [2.45, 2.75) is 30.7 Å². The second-order valence-electron chi connectivity index (χ2n) is 5.63. The van der Waals surface area contributed by atoms with Crippen LogP contribution in [0.1, 0.15) is 16.7 Å². The molecular weight excluding hydrogens is 284 g/mol. The molecule has 0 saturated carbocycles. The predicted molar refractivity (Wildman–Crippen MR) is 80.4 cm³/mol. The van der Waals surface area contributed by atoms with E-state index in [0.717, 1.165) is 16.7 Å². The summed E-state index contributed by atoms with van der Waals surface area (Å²) in [6, 6.07) is 6.11. The second kappa shape index (κ2) is 5.44. The first-order valence-corrected chi connectivity index (χ1v) is 7.22. The maximum Gasteiger partial charge on any atom is 0.194 e. The quantitative estimate of drug-likeness (QED) is 0.596. The molecule has 2 atom stereocenters. The van der Waals surface area contributed by atoms with Crippen LogP contribution in [0, 0.1) is 6.92 Å². The van der Waals surface area contributed by atoms with Gasteiger partial charge in [0.05, 0.1) is 0 Å². The topological polar surface area (TPSA) is 46.2 Å². The lowest BCUT2D eigenvalue weighted by Gasteiger charge is -2.33. The number of methoxy groups -OCH3 is 4. The minimum absolute atomic E-state index is 0.553. The second-order valence-corrected chi connectivity index (χ2v) is 5.63. The van der Waals surface area contributed by atoms with Crippen LogP contribution in [0.4, 0.5) is 0 Å². The number of ether oxygens (including phenoxy) is 5. The smallest absolute Gasteiger partial charge is 0.194 e. The first kappa shape index (κ1) is 15.6. The van der Waals surface area contributed by atoms with Crippen LogP contribution in [-0.2, 0) is 34.9 Å². The lowest BCUT2D eigenvalue weighted by atomic mass is 9.79. The van der Waals surface area contributed by atoms with Crippen molar-refractivity contribution < 1.29 is 23.7 Å². The minimum Gasteiger partial charge on any atom is -0.352 e. The molecule has 120 valence electrons. The highest BCUT2D eigenvalue weighted by Crippen LogP contribution is 2.58. The van der Waals surface area contributed by atoms with Gasteiger partial charge in [0.15, 0.2) is 23.8 Å². The molecule has 2 unspecified atom stereocenters. The van der Waals surface area contributed by atoms with Gasteiger partial charge in [0, 0.05) is 34.0 Å². The van der Waals surface area contributed by atoms with Gasteiger partial charge in [-0.05, 0) is 30.2 Å². The van der Waals surface area contributed by atoms with Crippen molar-refractivity contribution in [3.05, 3.63) is 47.0 Å². The molecule has 2 aliphatic heterocycles. The standard InChI is InChI=1S/C17H22O5/c1-11-7-6-8-12-13(11)17(15(20-4)21-5)10-9-16(12,22-17)14(18-2)19-3/h6-10,14-15H,1-5H3. The summed E-state index contributed by atoms with van der Waals surface area (Å²) in [4.78, 5) is 0. The fourth-order valence-corrected chi connectivity index (χ4v) is 3.78. The summed E-state index contributed by atoms with van der Waals surface area (Å²) in [5.41, 5.74) is 1.63. The third-order valence-corrected chi connectivity index (χ3v) is 4.56. The third-order valence-electron chi connectivity index (χ3n) is 4.56. The van der Waals surface area contributed by atoms with E-state index in [1.807, 2.05) is 24.3 Å². The Balaban J connectivity index is 2.22. The zero-order valence-corrected chi connectivity index (χ0v) is 13.6. The summed E-state index contributed by atoms with van der Waals surface area (Å²) in [5, 5.41) is 0. The van der Waals surface area contributed by atoms with Gasteiger partial charge < -0.3 is 23.7 Å². The Labute approximate surface area is 130 Å². The number of hydrogen-bond donors (Lipinski definition) is 0. The molecular formula is C17H22O5. The van der Waals surface area contributed by atoms with Gasteiger partial charge in [-0.2, -0.15) is 0 Å². The largest absolute Gasteiger partial charge is 0.352 e. The zero-order valence-electron chi connectivity index (χ0n) is 13.6. The molecule has 0 saturated heterocycles. The van der Waals surface area contributed by atoms with Crippen LogP contribution in [-0.4, -0.2) is 41.0 Å². The zero-order chi connectivity index (χ0) is 16.0. The summed E-state index contributed by atoms with van der Waals surface area (Å²) in [7, 11) is 6.44. The Morgan fingerprint density at radius 3 is 2.00 bits per heavy atom. The molecule has 1 aromatic rings. The van der Waals surface area contributed by atoms with Crippen LogP contribution >= 0.6 is 0 Å². The molecule has 0 aromatic heterocycles. The molecule has 0 spiro atoms. The highest BCUT2D eigenvalue weighted by Gasteiger charge is 2.63. The highest BCUT2D eigenvalue weighted by atomic mass is 16.7. The van der Waals surface area contributed by atoms with E-state index in [2.05, 4.69) is 13.0 Å². The van der Waals surface area contributed by atoms with E-state index < -0.39 is 23.8 Å². The third kappa shape index (κ3) is 1.77. The fraction of sp³-hybridized carbons (Fsp3) is 0.529. The van der Waals surface area contributed by atoms with E-state index in [9.17, 15) is 0 Å². The number of rotatable bonds is 6. The summed E-state index contributed by atoms with van der Waals surface area (Å²) < 4.78 is 28.6. The minimum atomic E-state index is -0.792. The van der Waals surface area contributed by atoms with Crippen LogP contribution < -0.4 is 0 Å². The van der Waals surface area contributed by atoms with Crippen molar-refractivity contribution in [2.24, 2.45) is 0 Å². The van der Waals surface area contributed by atoms with Gasteiger partial charge >= 0.3 is 0 Å². The van der Waals surface area contributed by atoms with Crippen LogP contribution in [0.2, 0.25) is 0 Å². The molecule has 2 bridgehead atoms. The molecule has 0 radical (unpaired) electrons. The van der Waals surface area contributed by atoms with Gasteiger partial charge in [-0.3, -0.25) is 0 Å². The maximum absolute atomic E-state index is 6.48. The van der Waals surface area contributed by atoms with E-state index in [1.165, 1.54) is 0 Å². The molecule has 0 amide bonds. The van der Waals surface area contributed by atoms with Gasteiger partial charge in [0.25, 0.3) is 0 Å². The molecule has 0 aliphatic carbocycles. The number of fused-ring (bicyclic) bond motifs is 5. The van der Waals surface area contributed by atoms with Gasteiger partial charge in [-0.15, -0.1) is 0 Å². The van der Waals surface area contributed by atoms with Crippen molar-refractivity contribution in [1.29, 1.82) is 0 Å². The predicted octanol–water partition coefficient (Wildman–Crippen LogP) is 2.22. The van der Waals surface area contributed by atoms with Crippen molar-refractivity contribution in [2.75, 3.05) is 28.4 Å². The van der Waals surface area contributed by atoms with Crippen LogP contribution in [0.5, 0.6) is 0 Å². The molecule has 0 N–H and O–H groups in total. The van der Waals surface area contributed by atoms with Gasteiger partial charge in [-0.1, -0.05) is 18.2 Å². The van der Waals surface area contributed by atoms with Crippen molar-refractivity contribution in [1.82, 2.24) is 0 Å². The van der Waals surface area contributed by atoms with E-state index >= 15 is 0 Å².